The topological polar surface area (TPSA) is 97.5 Å². The summed E-state index contributed by atoms with van der Waals surface area (Å²) in [6, 6.07) is 10.4. The average molecular weight is 363 g/mol. The van der Waals surface area contributed by atoms with Crippen LogP contribution in [0.5, 0.6) is 0 Å². The summed E-state index contributed by atoms with van der Waals surface area (Å²) in [5.41, 5.74) is 3.28. The maximum absolute atomic E-state index is 12.6. The second-order valence-corrected chi connectivity index (χ2v) is 5.89. The molecule has 1 aromatic heterocycles. The number of hydrogen-bond donors (Lipinski definition) is 2. The predicted molar refractivity (Wildman–Crippen MR) is 95.1 cm³/mol. The zero-order valence-corrected chi connectivity index (χ0v) is 14.7. The molecule has 0 atom stereocenters. The Bertz CT molecular complexity index is 753. The molecule has 1 aromatic carbocycles. The summed E-state index contributed by atoms with van der Waals surface area (Å²) in [7, 11) is 0. The molecule has 0 fully saturated rings. The van der Waals surface area contributed by atoms with Crippen LogP contribution in [-0.2, 0) is 11.3 Å². The summed E-state index contributed by atoms with van der Waals surface area (Å²) in [5.74, 6) is 4.62. The van der Waals surface area contributed by atoms with Crippen molar-refractivity contribution < 1.29 is 14.3 Å². The molecule has 25 heavy (non-hydrogen) atoms. The van der Waals surface area contributed by atoms with Crippen LogP contribution in [-0.4, -0.2) is 23.0 Å². The SMILES string of the molecule is CC(C)N(C(=O)OCc1ccccc1)c1cc(Cl)ncc1C(=O)NN. The summed E-state index contributed by atoms with van der Waals surface area (Å²) in [5, 5.41) is 0.144. The minimum atomic E-state index is -0.604. The molecule has 0 aliphatic rings. The van der Waals surface area contributed by atoms with E-state index in [-0.39, 0.29) is 29.1 Å². The summed E-state index contributed by atoms with van der Waals surface area (Å²) >= 11 is 5.94. The molecule has 7 nitrogen and oxygen atoms in total. The summed E-state index contributed by atoms with van der Waals surface area (Å²) in [4.78, 5) is 29.8. The summed E-state index contributed by atoms with van der Waals surface area (Å²) < 4.78 is 5.37. The molecule has 0 aliphatic carbocycles. The molecular formula is C17H19ClN4O3. The third-order valence-corrected chi connectivity index (χ3v) is 3.61. The number of hydrazine groups is 1. The molecule has 3 N–H and O–H groups in total. The Morgan fingerprint density at radius 3 is 2.60 bits per heavy atom. The van der Waals surface area contributed by atoms with Crippen molar-refractivity contribution in [1.82, 2.24) is 10.4 Å². The lowest BCUT2D eigenvalue weighted by Gasteiger charge is -2.27. The van der Waals surface area contributed by atoms with Crippen LogP contribution in [0.1, 0.15) is 29.8 Å². The number of pyridine rings is 1. The second kappa shape index (κ2) is 8.46. The van der Waals surface area contributed by atoms with Crippen LogP contribution in [0, 0.1) is 0 Å². The first-order chi connectivity index (χ1) is 11.9. The zero-order chi connectivity index (χ0) is 18.4. The van der Waals surface area contributed by atoms with Gasteiger partial charge in [-0.05, 0) is 19.4 Å². The fourth-order valence-corrected chi connectivity index (χ4v) is 2.40. The zero-order valence-electron chi connectivity index (χ0n) is 13.9. The first-order valence-corrected chi connectivity index (χ1v) is 7.98. The molecule has 2 aromatic rings. The number of carbonyl (C=O) groups excluding carboxylic acids is 2. The van der Waals surface area contributed by atoms with E-state index >= 15 is 0 Å². The number of benzene rings is 1. The first-order valence-electron chi connectivity index (χ1n) is 7.60. The van der Waals surface area contributed by atoms with Gasteiger partial charge in [-0.15, -0.1) is 0 Å². The number of nitrogens with one attached hydrogen (secondary N) is 1. The minimum Gasteiger partial charge on any atom is -0.444 e. The number of nitrogens with two attached hydrogens (primary N) is 1. The van der Waals surface area contributed by atoms with Crippen LogP contribution in [0.4, 0.5) is 10.5 Å². The smallest absolute Gasteiger partial charge is 0.414 e. The van der Waals surface area contributed by atoms with Gasteiger partial charge >= 0.3 is 6.09 Å². The van der Waals surface area contributed by atoms with Gasteiger partial charge in [0.25, 0.3) is 5.91 Å². The quantitative estimate of drug-likeness (QED) is 0.369. The predicted octanol–water partition coefficient (Wildman–Crippen LogP) is 2.89. The van der Waals surface area contributed by atoms with Crippen molar-refractivity contribution in [1.29, 1.82) is 0 Å². The molecule has 2 amide bonds. The molecule has 0 unspecified atom stereocenters. The monoisotopic (exact) mass is 362 g/mol. The number of nitrogen functional groups attached to an aromatic ring is 1. The van der Waals surface area contributed by atoms with Gasteiger partial charge in [0.15, 0.2) is 0 Å². The van der Waals surface area contributed by atoms with Crippen molar-refractivity contribution in [2.45, 2.75) is 26.5 Å². The number of ether oxygens (including phenoxy) is 1. The van der Waals surface area contributed by atoms with E-state index in [1.165, 1.54) is 17.2 Å². The van der Waals surface area contributed by atoms with E-state index in [0.29, 0.717) is 0 Å². The number of amides is 2. The molecule has 2 rings (SSSR count). The van der Waals surface area contributed by atoms with Crippen molar-refractivity contribution in [3.8, 4) is 0 Å². The molecule has 1 heterocycles. The standard InChI is InChI=1S/C17H19ClN4O3/c1-11(2)22(17(24)25-10-12-6-4-3-5-7-12)14-8-15(18)20-9-13(14)16(23)21-19/h3-9,11H,10,19H2,1-2H3,(H,21,23). The van der Waals surface area contributed by atoms with Crippen LogP contribution in [0.3, 0.4) is 0 Å². The number of rotatable bonds is 5. The van der Waals surface area contributed by atoms with Gasteiger partial charge in [-0.1, -0.05) is 41.9 Å². The van der Waals surface area contributed by atoms with E-state index in [9.17, 15) is 9.59 Å². The first kappa shape index (κ1) is 18.7. The van der Waals surface area contributed by atoms with Gasteiger partial charge in [0.1, 0.15) is 11.8 Å². The minimum absolute atomic E-state index is 0.111. The van der Waals surface area contributed by atoms with E-state index in [0.717, 1.165) is 5.56 Å². The van der Waals surface area contributed by atoms with E-state index < -0.39 is 12.0 Å². The molecule has 0 saturated carbocycles. The van der Waals surface area contributed by atoms with Gasteiger partial charge in [0.05, 0.1) is 11.3 Å². The lowest BCUT2D eigenvalue weighted by molar-refractivity contribution is 0.0954. The van der Waals surface area contributed by atoms with Crippen molar-refractivity contribution in [3.63, 3.8) is 0 Å². The Kier molecular flexibility index (Phi) is 6.32. The molecule has 0 saturated heterocycles. The highest BCUT2D eigenvalue weighted by Crippen LogP contribution is 2.26. The molecule has 132 valence electrons. The van der Waals surface area contributed by atoms with Crippen molar-refractivity contribution >= 4 is 29.3 Å². The fraction of sp³-hybridized carbons (Fsp3) is 0.235. The number of nitrogens with zero attached hydrogens (tertiary/aromatic N) is 2. The van der Waals surface area contributed by atoms with Crippen LogP contribution < -0.4 is 16.2 Å². The van der Waals surface area contributed by atoms with E-state index in [2.05, 4.69) is 4.98 Å². The van der Waals surface area contributed by atoms with Gasteiger partial charge in [-0.2, -0.15) is 0 Å². The molecule has 0 aliphatic heterocycles. The highest BCUT2D eigenvalue weighted by molar-refractivity contribution is 6.30. The molecule has 0 radical (unpaired) electrons. The Balaban J connectivity index is 2.30. The average Bonchev–Trinajstić information content (AvgIpc) is 2.60. The lowest BCUT2D eigenvalue weighted by atomic mass is 10.2. The van der Waals surface area contributed by atoms with Crippen molar-refractivity contribution in [3.05, 3.63) is 58.9 Å². The molecular weight excluding hydrogens is 344 g/mol. The van der Waals surface area contributed by atoms with Gasteiger partial charge < -0.3 is 4.74 Å². The van der Waals surface area contributed by atoms with Gasteiger partial charge in [0.2, 0.25) is 0 Å². The Labute approximate surface area is 150 Å². The summed E-state index contributed by atoms with van der Waals surface area (Å²) in [6.45, 7) is 3.70. The Hall–Kier alpha value is -2.64. The molecule has 0 spiro atoms. The van der Waals surface area contributed by atoms with E-state index in [1.807, 2.05) is 35.8 Å². The van der Waals surface area contributed by atoms with Gasteiger partial charge in [-0.25, -0.2) is 15.6 Å². The molecule has 8 heteroatoms. The van der Waals surface area contributed by atoms with Crippen molar-refractivity contribution in [2.24, 2.45) is 5.84 Å². The second-order valence-electron chi connectivity index (χ2n) is 5.50. The van der Waals surface area contributed by atoms with Gasteiger partial charge in [-0.3, -0.25) is 15.1 Å². The number of carbonyl (C=O) groups is 2. The fourth-order valence-electron chi connectivity index (χ4n) is 2.25. The van der Waals surface area contributed by atoms with Crippen LogP contribution in [0.15, 0.2) is 42.6 Å². The van der Waals surface area contributed by atoms with E-state index in [1.54, 1.807) is 13.8 Å². The molecule has 0 bridgehead atoms. The maximum atomic E-state index is 12.6. The Morgan fingerprint density at radius 1 is 1.32 bits per heavy atom. The third kappa shape index (κ3) is 4.68. The lowest BCUT2D eigenvalue weighted by Crippen LogP contribution is -2.40. The number of aromatic nitrogens is 1. The normalized spacial score (nSPS) is 10.4. The van der Waals surface area contributed by atoms with Crippen molar-refractivity contribution in [2.75, 3.05) is 4.90 Å². The van der Waals surface area contributed by atoms with Crippen LogP contribution in [0.25, 0.3) is 0 Å². The Morgan fingerprint density at radius 2 is 2.00 bits per heavy atom. The number of hydrogen-bond acceptors (Lipinski definition) is 5. The third-order valence-electron chi connectivity index (χ3n) is 3.40. The van der Waals surface area contributed by atoms with Gasteiger partial charge in [0, 0.05) is 18.3 Å². The largest absolute Gasteiger partial charge is 0.444 e. The highest BCUT2D eigenvalue weighted by atomic mass is 35.5. The maximum Gasteiger partial charge on any atom is 0.414 e. The highest BCUT2D eigenvalue weighted by Gasteiger charge is 2.26. The van der Waals surface area contributed by atoms with Crippen LogP contribution >= 0.6 is 11.6 Å². The van der Waals surface area contributed by atoms with E-state index in [4.69, 9.17) is 22.2 Å². The van der Waals surface area contributed by atoms with Crippen LogP contribution in [0.2, 0.25) is 5.15 Å². The number of halogens is 1. The number of anilines is 1. The summed E-state index contributed by atoms with van der Waals surface area (Å²) in [6.07, 6.45) is 0.659.